The van der Waals surface area contributed by atoms with Gasteiger partial charge < -0.3 is 9.47 Å². The highest BCUT2D eigenvalue weighted by atomic mass is 35.5. The Bertz CT molecular complexity index is 158. The lowest BCUT2D eigenvalue weighted by molar-refractivity contribution is -0.166. The third-order valence-corrected chi connectivity index (χ3v) is 2.79. The minimum absolute atomic E-state index is 0.113. The Morgan fingerprint density at radius 1 is 1.55 bits per heavy atom. The van der Waals surface area contributed by atoms with Crippen molar-refractivity contribution in [2.24, 2.45) is 5.92 Å². The highest BCUT2D eigenvalue weighted by molar-refractivity contribution is 6.18. The predicted molar refractivity (Wildman–Crippen MR) is 42.7 cm³/mol. The molecule has 0 bridgehead atoms. The molecular formula is C8H13ClO2. The van der Waals surface area contributed by atoms with Crippen molar-refractivity contribution < 1.29 is 9.47 Å². The maximum Gasteiger partial charge on any atom is 0.168 e. The van der Waals surface area contributed by atoms with Gasteiger partial charge in [-0.25, -0.2) is 0 Å². The third kappa shape index (κ3) is 1.40. The Hall–Kier alpha value is 0.210. The zero-order valence-electron chi connectivity index (χ0n) is 6.68. The van der Waals surface area contributed by atoms with Crippen molar-refractivity contribution in [2.75, 3.05) is 12.5 Å². The molecule has 0 N–H and O–H groups in total. The average molecular weight is 177 g/mol. The minimum Gasteiger partial charge on any atom is -0.347 e. The fourth-order valence-corrected chi connectivity index (χ4v) is 1.71. The normalized spacial score (nSPS) is 44.7. The summed E-state index contributed by atoms with van der Waals surface area (Å²) in [5.41, 5.74) is 0. The molecule has 2 atom stereocenters. The molecule has 2 fully saturated rings. The molecule has 0 spiro atoms. The molecule has 3 heteroatoms. The van der Waals surface area contributed by atoms with Crippen LogP contribution in [0.1, 0.15) is 19.8 Å². The third-order valence-electron chi connectivity index (χ3n) is 2.45. The molecule has 2 aliphatic rings. The Kier molecular flexibility index (Phi) is 1.86. The van der Waals surface area contributed by atoms with Crippen LogP contribution in [0.15, 0.2) is 0 Å². The van der Waals surface area contributed by atoms with Crippen molar-refractivity contribution in [2.45, 2.75) is 31.7 Å². The summed E-state index contributed by atoms with van der Waals surface area (Å²) in [5.74, 6) is 0.859. The molecule has 1 aliphatic heterocycles. The Morgan fingerprint density at radius 3 is 2.73 bits per heavy atom. The van der Waals surface area contributed by atoms with Crippen molar-refractivity contribution >= 4 is 11.6 Å². The second-order valence-electron chi connectivity index (χ2n) is 3.50. The summed E-state index contributed by atoms with van der Waals surface area (Å²) in [6.07, 6.45) is 2.60. The molecule has 1 heterocycles. The molecule has 0 unspecified atom stereocenters. The van der Waals surface area contributed by atoms with Gasteiger partial charge in [-0.3, -0.25) is 0 Å². The van der Waals surface area contributed by atoms with E-state index in [9.17, 15) is 0 Å². The molecule has 0 aromatic carbocycles. The molecule has 1 saturated carbocycles. The van der Waals surface area contributed by atoms with Gasteiger partial charge in [0.05, 0.1) is 18.6 Å². The van der Waals surface area contributed by atoms with Crippen LogP contribution in [0.25, 0.3) is 0 Å². The molecule has 2 nitrogen and oxygen atoms in total. The van der Waals surface area contributed by atoms with E-state index in [-0.39, 0.29) is 11.9 Å². The van der Waals surface area contributed by atoms with Gasteiger partial charge in [0.2, 0.25) is 0 Å². The van der Waals surface area contributed by atoms with Crippen LogP contribution in [0.3, 0.4) is 0 Å². The summed E-state index contributed by atoms with van der Waals surface area (Å²) in [4.78, 5) is 0. The molecule has 0 aromatic heterocycles. The molecular weight excluding hydrogens is 164 g/mol. The maximum absolute atomic E-state index is 5.67. The van der Waals surface area contributed by atoms with Gasteiger partial charge in [-0.15, -0.1) is 11.6 Å². The summed E-state index contributed by atoms with van der Waals surface area (Å²) in [7, 11) is 0. The molecule has 0 aromatic rings. The van der Waals surface area contributed by atoms with Gasteiger partial charge in [0, 0.05) is 5.92 Å². The van der Waals surface area contributed by atoms with E-state index in [2.05, 4.69) is 0 Å². The number of hydrogen-bond donors (Lipinski definition) is 0. The lowest BCUT2D eigenvalue weighted by Crippen LogP contribution is -2.29. The highest BCUT2D eigenvalue weighted by Gasteiger charge is 2.48. The summed E-state index contributed by atoms with van der Waals surface area (Å²) in [6, 6.07) is 0. The van der Waals surface area contributed by atoms with E-state index in [4.69, 9.17) is 21.1 Å². The number of hydrogen-bond acceptors (Lipinski definition) is 2. The summed E-state index contributed by atoms with van der Waals surface area (Å²) >= 11 is 5.66. The molecule has 2 rings (SSSR count). The van der Waals surface area contributed by atoms with Gasteiger partial charge >= 0.3 is 0 Å². The van der Waals surface area contributed by atoms with Crippen LogP contribution in [-0.2, 0) is 9.47 Å². The van der Waals surface area contributed by atoms with E-state index in [0.29, 0.717) is 18.4 Å². The Balaban J connectivity index is 1.95. The maximum atomic E-state index is 5.67. The first-order valence-corrected chi connectivity index (χ1v) is 4.66. The van der Waals surface area contributed by atoms with Crippen molar-refractivity contribution in [3.8, 4) is 0 Å². The first kappa shape index (κ1) is 7.84. The Labute approximate surface area is 71.8 Å². The molecule has 0 amide bonds. The SMILES string of the molecule is C[C@]1(C2CC2)OC[C@H](CCl)O1. The second-order valence-corrected chi connectivity index (χ2v) is 3.80. The summed E-state index contributed by atoms with van der Waals surface area (Å²) in [6.45, 7) is 2.69. The number of rotatable bonds is 2. The zero-order valence-corrected chi connectivity index (χ0v) is 7.43. The molecule has 11 heavy (non-hydrogen) atoms. The fourth-order valence-electron chi connectivity index (χ4n) is 1.56. The second kappa shape index (κ2) is 2.61. The van der Waals surface area contributed by atoms with Gasteiger partial charge in [0.25, 0.3) is 0 Å². The topological polar surface area (TPSA) is 18.5 Å². The van der Waals surface area contributed by atoms with Crippen LogP contribution < -0.4 is 0 Å². The predicted octanol–water partition coefficient (Wildman–Crippen LogP) is 1.77. The fraction of sp³-hybridized carbons (Fsp3) is 1.00. The smallest absolute Gasteiger partial charge is 0.168 e. The van der Waals surface area contributed by atoms with E-state index in [1.165, 1.54) is 12.8 Å². The van der Waals surface area contributed by atoms with Crippen molar-refractivity contribution in [1.82, 2.24) is 0 Å². The van der Waals surface area contributed by atoms with Crippen LogP contribution in [0.2, 0.25) is 0 Å². The van der Waals surface area contributed by atoms with Crippen molar-refractivity contribution in [3.63, 3.8) is 0 Å². The van der Waals surface area contributed by atoms with Gasteiger partial charge in [0.1, 0.15) is 0 Å². The van der Waals surface area contributed by atoms with E-state index in [1.54, 1.807) is 0 Å². The van der Waals surface area contributed by atoms with Crippen molar-refractivity contribution in [1.29, 1.82) is 0 Å². The standard InChI is InChI=1S/C8H13ClO2/c1-8(6-2-3-6)10-5-7(4-9)11-8/h6-7H,2-5H2,1H3/t7-,8-/m0/s1. The number of halogens is 1. The van der Waals surface area contributed by atoms with Gasteiger partial charge in [-0.2, -0.15) is 0 Å². The molecule has 1 aliphatic carbocycles. The van der Waals surface area contributed by atoms with Gasteiger partial charge in [0.15, 0.2) is 5.79 Å². The largest absolute Gasteiger partial charge is 0.347 e. The summed E-state index contributed by atoms with van der Waals surface area (Å²) in [5, 5.41) is 0. The first-order valence-electron chi connectivity index (χ1n) is 4.12. The zero-order chi connectivity index (χ0) is 7.90. The van der Waals surface area contributed by atoms with Gasteiger partial charge in [-0.1, -0.05) is 0 Å². The van der Waals surface area contributed by atoms with Crippen LogP contribution in [0.5, 0.6) is 0 Å². The minimum atomic E-state index is -0.306. The molecule has 1 saturated heterocycles. The van der Waals surface area contributed by atoms with E-state index in [1.807, 2.05) is 6.92 Å². The monoisotopic (exact) mass is 176 g/mol. The average Bonchev–Trinajstić information content (AvgIpc) is 2.77. The highest BCUT2D eigenvalue weighted by Crippen LogP contribution is 2.45. The van der Waals surface area contributed by atoms with Gasteiger partial charge in [-0.05, 0) is 19.8 Å². The lowest BCUT2D eigenvalue weighted by atomic mass is 10.2. The van der Waals surface area contributed by atoms with E-state index in [0.717, 1.165) is 0 Å². The van der Waals surface area contributed by atoms with Crippen LogP contribution in [-0.4, -0.2) is 24.4 Å². The molecule has 64 valence electrons. The van der Waals surface area contributed by atoms with Crippen LogP contribution in [0, 0.1) is 5.92 Å². The molecule has 0 radical (unpaired) electrons. The lowest BCUT2D eigenvalue weighted by Gasteiger charge is -2.22. The van der Waals surface area contributed by atoms with E-state index < -0.39 is 0 Å². The first-order chi connectivity index (χ1) is 5.24. The summed E-state index contributed by atoms with van der Waals surface area (Å²) < 4.78 is 11.2. The van der Waals surface area contributed by atoms with E-state index >= 15 is 0 Å². The Morgan fingerprint density at radius 2 is 2.27 bits per heavy atom. The quantitative estimate of drug-likeness (QED) is 0.597. The number of alkyl halides is 1. The number of ether oxygens (including phenoxy) is 2. The van der Waals surface area contributed by atoms with Crippen LogP contribution in [0.4, 0.5) is 0 Å². The van der Waals surface area contributed by atoms with Crippen LogP contribution >= 0.6 is 11.6 Å². The van der Waals surface area contributed by atoms with Crippen molar-refractivity contribution in [3.05, 3.63) is 0 Å².